The van der Waals surface area contributed by atoms with Gasteiger partial charge in [0.25, 0.3) is 0 Å². The van der Waals surface area contributed by atoms with Crippen molar-refractivity contribution in [2.45, 2.75) is 69.7 Å². The summed E-state index contributed by atoms with van der Waals surface area (Å²) in [6.45, 7) is 2.25. The van der Waals surface area contributed by atoms with Crippen LogP contribution in [0.1, 0.15) is 68.7 Å². The average Bonchev–Trinajstić information content (AvgIpc) is 3.46. The summed E-state index contributed by atoms with van der Waals surface area (Å²) in [7, 11) is 0. The molecule has 31 heavy (non-hydrogen) atoms. The first-order chi connectivity index (χ1) is 15.1. The third-order valence-corrected chi connectivity index (χ3v) is 8.73. The van der Waals surface area contributed by atoms with Crippen LogP contribution in [0.15, 0.2) is 18.2 Å². The van der Waals surface area contributed by atoms with Gasteiger partial charge in [-0.1, -0.05) is 30.9 Å². The number of nitrogens with zero attached hydrogens (tertiary/aromatic N) is 3. The predicted octanol–water partition coefficient (Wildman–Crippen LogP) is 5.23. The number of carbonyl (C=O) groups excluding carboxylic acids is 2. The Hall–Kier alpha value is -1.66. The van der Waals surface area contributed by atoms with Crippen LogP contribution in [0.2, 0.25) is 5.02 Å². The zero-order valence-corrected chi connectivity index (χ0v) is 19.5. The SMILES string of the molecule is O=C(C1CCCN1C(=O)C1CCCCC1)N1CCC(c2nc3cc(Cl)ccc3s2)CC1. The summed E-state index contributed by atoms with van der Waals surface area (Å²) in [6.07, 6.45) is 9.15. The number of benzene rings is 1. The Labute approximate surface area is 192 Å². The van der Waals surface area contributed by atoms with E-state index in [1.807, 2.05) is 28.0 Å². The molecule has 1 aromatic heterocycles. The minimum Gasteiger partial charge on any atom is -0.341 e. The quantitative estimate of drug-likeness (QED) is 0.631. The summed E-state index contributed by atoms with van der Waals surface area (Å²) in [5, 5.41) is 1.87. The van der Waals surface area contributed by atoms with E-state index in [-0.39, 0.29) is 23.8 Å². The molecule has 5 nitrogen and oxygen atoms in total. The summed E-state index contributed by atoms with van der Waals surface area (Å²) in [5.74, 6) is 0.930. The number of halogens is 1. The Morgan fingerprint density at radius 2 is 1.71 bits per heavy atom. The van der Waals surface area contributed by atoms with E-state index in [9.17, 15) is 9.59 Å². The van der Waals surface area contributed by atoms with Crippen molar-refractivity contribution < 1.29 is 9.59 Å². The Balaban J connectivity index is 1.21. The molecule has 2 amide bonds. The Morgan fingerprint density at radius 1 is 0.935 bits per heavy atom. The van der Waals surface area contributed by atoms with Crippen LogP contribution >= 0.6 is 22.9 Å². The van der Waals surface area contributed by atoms with E-state index in [0.717, 1.165) is 81.5 Å². The van der Waals surface area contributed by atoms with E-state index in [0.29, 0.717) is 10.9 Å². The molecule has 0 N–H and O–H groups in total. The Morgan fingerprint density at radius 3 is 2.48 bits per heavy atom. The molecule has 2 aromatic rings. The lowest BCUT2D eigenvalue weighted by Gasteiger charge is -2.36. The number of aromatic nitrogens is 1. The third kappa shape index (κ3) is 4.34. The number of carbonyl (C=O) groups is 2. The fourth-order valence-electron chi connectivity index (χ4n) is 5.52. The van der Waals surface area contributed by atoms with Crippen LogP contribution in [-0.4, -0.2) is 52.3 Å². The largest absolute Gasteiger partial charge is 0.341 e. The van der Waals surface area contributed by atoms with Gasteiger partial charge in [0, 0.05) is 36.5 Å². The van der Waals surface area contributed by atoms with Crippen molar-refractivity contribution in [1.82, 2.24) is 14.8 Å². The van der Waals surface area contributed by atoms with Crippen LogP contribution in [-0.2, 0) is 9.59 Å². The molecule has 7 heteroatoms. The highest BCUT2D eigenvalue weighted by Gasteiger charge is 2.40. The second-order valence-electron chi connectivity index (χ2n) is 9.29. The zero-order valence-electron chi connectivity index (χ0n) is 17.9. The first-order valence-corrected chi connectivity index (χ1v) is 12.9. The minimum atomic E-state index is -0.240. The second-order valence-corrected chi connectivity index (χ2v) is 10.8. The maximum absolute atomic E-state index is 13.3. The number of likely N-dealkylation sites (tertiary alicyclic amines) is 2. The maximum Gasteiger partial charge on any atom is 0.245 e. The molecule has 166 valence electrons. The third-order valence-electron chi connectivity index (χ3n) is 7.30. The fraction of sp³-hybridized carbons (Fsp3) is 0.625. The summed E-state index contributed by atoms with van der Waals surface area (Å²) in [6, 6.07) is 5.63. The van der Waals surface area contributed by atoms with E-state index < -0.39 is 0 Å². The van der Waals surface area contributed by atoms with E-state index >= 15 is 0 Å². The average molecular weight is 460 g/mol. The van der Waals surface area contributed by atoms with Crippen molar-refractivity contribution in [2.24, 2.45) is 5.92 Å². The predicted molar refractivity (Wildman–Crippen MR) is 124 cm³/mol. The summed E-state index contributed by atoms with van der Waals surface area (Å²) >= 11 is 7.85. The maximum atomic E-state index is 13.3. The minimum absolute atomic E-state index is 0.139. The van der Waals surface area contributed by atoms with E-state index in [2.05, 4.69) is 0 Å². The van der Waals surface area contributed by atoms with Crippen LogP contribution in [0.3, 0.4) is 0 Å². The molecule has 0 bridgehead atoms. The van der Waals surface area contributed by atoms with E-state index in [1.165, 1.54) is 11.1 Å². The first kappa shape index (κ1) is 21.2. The molecule has 5 rings (SSSR count). The van der Waals surface area contributed by atoms with E-state index in [1.54, 1.807) is 11.3 Å². The van der Waals surface area contributed by atoms with Crippen molar-refractivity contribution >= 4 is 45.0 Å². The van der Waals surface area contributed by atoms with Gasteiger partial charge in [-0.15, -0.1) is 11.3 Å². The normalized spacial score (nSPS) is 23.6. The highest BCUT2D eigenvalue weighted by Crippen LogP contribution is 2.36. The van der Waals surface area contributed by atoms with Gasteiger partial charge in [0.15, 0.2) is 0 Å². The molecule has 0 spiro atoms. The summed E-state index contributed by atoms with van der Waals surface area (Å²) < 4.78 is 1.17. The first-order valence-electron chi connectivity index (χ1n) is 11.8. The molecule has 1 unspecified atom stereocenters. The van der Waals surface area contributed by atoms with Crippen molar-refractivity contribution in [2.75, 3.05) is 19.6 Å². The Kier molecular flexibility index (Phi) is 6.20. The number of piperidine rings is 1. The number of hydrogen-bond acceptors (Lipinski definition) is 4. The highest BCUT2D eigenvalue weighted by atomic mass is 35.5. The molecule has 1 saturated carbocycles. The van der Waals surface area contributed by atoms with Crippen LogP contribution in [0.5, 0.6) is 0 Å². The van der Waals surface area contributed by atoms with Gasteiger partial charge in [0.1, 0.15) is 6.04 Å². The lowest BCUT2D eigenvalue weighted by Crippen LogP contribution is -2.51. The van der Waals surface area contributed by atoms with Crippen LogP contribution in [0.4, 0.5) is 0 Å². The van der Waals surface area contributed by atoms with Crippen molar-refractivity contribution in [3.63, 3.8) is 0 Å². The molecule has 0 radical (unpaired) electrons. The zero-order chi connectivity index (χ0) is 21.4. The molecule has 2 saturated heterocycles. The van der Waals surface area contributed by atoms with Crippen LogP contribution in [0, 0.1) is 5.92 Å². The molecular formula is C24H30ClN3O2S. The molecule has 2 aliphatic heterocycles. The summed E-state index contributed by atoms with van der Waals surface area (Å²) in [5.41, 5.74) is 0.967. The monoisotopic (exact) mass is 459 g/mol. The lowest BCUT2D eigenvalue weighted by molar-refractivity contribution is -0.147. The van der Waals surface area contributed by atoms with Crippen LogP contribution in [0.25, 0.3) is 10.2 Å². The summed E-state index contributed by atoms with van der Waals surface area (Å²) in [4.78, 5) is 35.1. The molecule has 3 fully saturated rings. The highest BCUT2D eigenvalue weighted by molar-refractivity contribution is 7.18. The topological polar surface area (TPSA) is 53.5 Å². The number of thiazole rings is 1. The van der Waals surface area contributed by atoms with E-state index in [4.69, 9.17) is 16.6 Å². The van der Waals surface area contributed by atoms with Gasteiger partial charge in [-0.3, -0.25) is 9.59 Å². The van der Waals surface area contributed by atoms with Crippen molar-refractivity contribution in [3.8, 4) is 0 Å². The van der Waals surface area contributed by atoms with Gasteiger partial charge in [-0.2, -0.15) is 0 Å². The molecule has 1 aliphatic carbocycles. The van der Waals surface area contributed by atoms with Gasteiger partial charge in [-0.05, 0) is 56.7 Å². The van der Waals surface area contributed by atoms with Crippen LogP contribution < -0.4 is 0 Å². The standard InChI is InChI=1S/C24H30ClN3O2S/c25-18-8-9-21-19(15-18)26-22(31-21)16-10-13-27(14-11-16)24(30)20-7-4-12-28(20)23(29)17-5-2-1-3-6-17/h8-9,15-17,20H,1-7,10-14H2. The number of hydrogen-bond donors (Lipinski definition) is 0. The molecular weight excluding hydrogens is 430 g/mol. The lowest BCUT2D eigenvalue weighted by atomic mass is 9.88. The van der Waals surface area contributed by atoms with Gasteiger partial charge >= 0.3 is 0 Å². The molecule has 3 heterocycles. The second kappa shape index (κ2) is 9.07. The van der Waals surface area contributed by atoms with Crippen molar-refractivity contribution in [1.29, 1.82) is 0 Å². The van der Waals surface area contributed by atoms with Gasteiger partial charge < -0.3 is 9.80 Å². The number of rotatable bonds is 3. The number of fused-ring (bicyclic) bond motifs is 1. The molecule has 1 atom stereocenters. The molecule has 1 aromatic carbocycles. The van der Waals surface area contributed by atoms with Gasteiger partial charge in [0.2, 0.25) is 11.8 Å². The number of amides is 2. The van der Waals surface area contributed by atoms with Crippen molar-refractivity contribution in [3.05, 3.63) is 28.2 Å². The smallest absolute Gasteiger partial charge is 0.245 e. The Bertz CT molecular complexity index is 963. The van der Waals surface area contributed by atoms with Gasteiger partial charge in [0.05, 0.1) is 15.2 Å². The molecule has 3 aliphatic rings. The fourth-order valence-corrected chi connectivity index (χ4v) is 6.81. The van der Waals surface area contributed by atoms with Gasteiger partial charge in [-0.25, -0.2) is 4.98 Å².